The summed E-state index contributed by atoms with van der Waals surface area (Å²) in [6.07, 6.45) is 0.654. The number of Topliss-reactive ketones (excluding diaryl/α,β-unsaturated/α-hetero) is 1. The van der Waals surface area contributed by atoms with Crippen LogP contribution in [0.1, 0.15) is 38.2 Å². The lowest BCUT2D eigenvalue weighted by Gasteiger charge is -2.36. The second-order valence-corrected chi connectivity index (χ2v) is 6.75. The maximum atomic E-state index is 13.1. The van der Waals surface area contributed by atoms with E-state index in [-0.39, 0.29) is 29.9 Å². The van der Waals surface area contributed by atoms with E-state index in [4.69, 9.17) is 9.47 Å². The first-order valence-electron chi connectivity index (χ1n) is 8.84. The molecule has 3 atom stereocenters. The number of carbonyl (C=O) groups is 3. The van der Waals surface area contributed by atoms with Crippen LogP contribution in [0.25, 0.3) is 0 Å². The van der Waals surface area contributed by atoms with Crippen LogP contribution in [-0.4, -0.2) is 31.4 Å². The van der Waals surface area contributed by atoms with Gasteiger partial charge < -0.3 is 14.8 Å². The van der Waals surface area contributed by atoms with Gasteiger partial charge in [0.2, 0.25) is 5.91 Å². The van der Waals surface area contributed by atoms with E-state index in [0.717, 1.165) is 11.3 Å². The second kappa shape index (κ2) is 7.32. The molecule has 0 saturated carbocycles. The van der Waals surface area contributed by atoms with Crippen molar-refractivity contribution in [2.75, 3.05) is 13.7 Å². The number of methoxy groups -OCH3 is 1. The van der Waals surface area contributed by atoms with Crippen molar-refractivity contribution < 1.29 is 23.9 Å². The van der Waals surface area contributed by atoms with E-state index in [1.54, 1.807) is 0 Å². The summed E-state index contributed by atoms with van der Waals surface area (Å²) in [4.78, 5) is 37.4. The summed E-state index contributed by atoms with van der Waals surface area (Å²) in [5, 5.41) is 2.83. The van der Waals surface area contributed by atoms with Crippen molar-refractivity contribution in [3.8, 4) is 5.75 Å². The summed E-state index contributed by atoms with van der Waals surface area (Å²) < 4.78 is 10.3. The molecule has 0 unspecified atom stereocenters. The summed E-state index contributed by atoms with van der Waals surface area (Å²) in [5.41, 5.74) is 2.03. The van der Waals surface area contributed by atoms with E-state index in [1.807, 2.05) is 38.1 Å². The molecule has 1 aliphatic heterocycles. The number of ether oxygens (including phenoxy) is 2. The molecule has 0 fully saturated rings. The first-order chi connectivity index (χ1) is 12.5. The summed E-state index contributed by atoms with van der Waals surface area (Å²) in [5.74, 6) is -1.53. The van der Waals surface area contributed by atoms with Gasteiger partial charge in [0, 0.05) is 23.6 Å². The number of esters is 1. The molecule has 1 aromatic rings. The van der Waals surface area contributed by atoms with Crippen molar-refractivity contribution >= 4 is 17.7 Å². The third-order valence-corrected chi connectivity index (χ3v) is 5.05. The highest BCUT2D eigenvalue weighted by Gasteiger charge is 2.45. The molecule has 138 valence electrons. The molecule has 1 aliphatic carbocycles. The lowest BCUT2D eigenvalue weighted by Crippen LogP contribution is -2.44. The Morgan fingerprint density at radius 2 is 1.88 bits per heavy atom. The molecule has 0 radical (unpaired) electrons. The minimum absolute atomic E-state index is 0.112. The van der Waals surface area contributed by atoms with Crippen molar-refractivity contribution in [3.63, 3.8) is 0 Å². The van der Waals surface area contributed by atoms with Crippen LogP contribution in [0.5, 0.6) is 5.75 Å². The van der Waals surface area contributed by atoms with E-state index >= 15 is 0 Å². The third-order valence-electron chi connectivity index (χ3n) is 5.05. The first-order valence-corrected chi connectivity index (χ1v) is 8.84. The number of rotatable bonds is 4. The zero-order valence-corrected chi connectivity index (χ0v) is 15.2. The van der Waals surface area contributed by atoms with Crippen molar-refractivity contribution in [2.24, 2.45) is 11.8 Å². The van der Waals surface area contributed by atoms with Gasteiger partial charge in [-0.1, -0.05) is 19.1 Å². The Kier molecular flexibility index (Phi) is 5.11. The molecular formula is C20H23NO5. The predicted octanol–water partition coefficient (Wildman–Crippen LogP) is 2.34. The van der Waals surface area contributed by atoms with Crippen LogP contribution in [0.4, 0.5) is 0 Å². The van der Waals surface area contributed by atoms with E-state index in [9.17, 15) is 14.4 Å². The number of carbonyl (C=O) groups excluding carboxylic acids is 3. The van der Waals surface area contributed by atoms with Gasteiger partial charge in [0.05, 0.1) is 13.7 Å². The zero-order valence-electron chi connectivity index (χ0n) is 15.2. The van der Waals surface area contributed by atoms with Crippen LogP contribution in [0.3, 0.4) is 0 Å². The average Bonchev–Trinajstić information content (AvgIpc) is 2.61. The van der Waals surface area contributed by atoms with Gasteiger partial charge in [-0.25, -0.2) is 0 Å². The Morgan fingerprint density at radius 1 is 1.19 bits per heavy atom. The monoisotopic (exact) mass is 357 g/mol. The molecule has 0 aromatic heterocycles. The van der Waals surface area contributed by atoms with Crippen LogP contribution < -0.4 is 10.1 Å². The molecule has 1 amide bonds. The van der Waals surface area contributed by atoms with Gasteiger partial charge in [0.25, 0.3) is 0 Å². The Hall–Kier alpha value is -2.63. The molecule has 6 nitrogen and oxygen atoms in total. The smallest absolute Gasteiger partial charge is 0.316 e. The van der Waals surface area contributed by atoms with Crippen molar-refractivity contribution in [1.82, 2.24) is 5.32 Å². The van der Waals surface area contributed by atoms with Crippen LogP contribution in [0.2, 0.25) is 0 Å². The zero-order chi connectivity index (χ0) is 18.8. The second-order valence-electron chi connectivity index (χ2n) is 6.75. The van der Waals surface area contributed by atoms with Crippen LogP contribution >= 0.6 is 0 Å². The predicted molar refractivity (Wildman–Crippen MR) is 94.4 cm³/mol. The number of hydrogen-bond donors (Lipinski definition) is 1. The highest BCUT2D eigenvalue weighted by atomic mass is 16.5. The minimum atomic E-state index is -0.820. The fourth-order valence-electron chi connectivity index (χ4n) is 3.85. The Labute approximate surface area is 152 Å². The topological polar surface area (TPSA) is 81.7 Å². The number of benzene rings is 1. The molecule has 1 N–H and O–H groups in total. The molecule has 6 heteroatoms. The van der Waals surface area contributed by atoms with Gasteiger partial charge in [0.1, 0.15) is 11.7 Å². The fourth-order valence-corrected chi connectivity index (χ4v) is 3.85. The number of amides is 1. The molecule has 1 aromatic carbocycles. The standard InChI is InChI=1S/C20H23NO5/c1-4-26-13-7-5-12(6-8-13)14-10-16(22)21-15-9-11(2)17(20(24)25-3)19(23)18(14)15/h5-8,11,14,17H,4,9-10H2,1-3H3,(H,21,22)/t11-,14+,17-/m1/s1. The molecule has 1 heterocycles. The van der Waals surface area contributed by atoms with Crippen molar-refractivity contribution in [2.45, 2.75) is 32.6 Å². The number of hydrogen-bond acceptors (Lipinski definition) is 5. The van der Waals surface area contributed by atoms with Crippen molar-refractivity contribution in [3.05, 3.63) is 41.1 Å². The van der Waals surface area contributed by atoms with Gasteiger partial charge in [-0.2, -0.15) is 0 Å². The molecule has 26 heavy (non-hydrogen) atoms. The largest absolute Gasteiger partial charge is 0.494 e. The number of nitrogens with one attached hydrogen (secondary N) is 1. The lowest BCUT2D eigenvalue weighted by atomic mass is 9.70. The molecule has 0 spiro atoms. The van der Waals surface area contributed by atoms with E-state index < -0.39 is 11.9 Å². The molecular weight excluding hydrogens is 334 g/mol. The highest BCUT2D eigenvalue weighted by Crippen LogP contribution is 2.42. The average molecular weight is 357 g/mol. The van der Waals surface area contributed by atoms with Crippen LogP contribution in [0.15, 0.2) is 35.5 Å². The van der Waals surface area contributed by atoms with Gasteiger partial charge in [-0.05, 0) is 37.0 Å². The molecule has 3 rings (SSSR count). The van der Waals surface area contributed by atoms with E-state index in [1.165, 1.54) is 7.11 Å². The Bertz CT molecular complexity index is 765. The highest BCUT2D eigenvalue weighted by molar-refractivity contribution is 6.11. The number of allylic oxidation sites excluding steroid dienone is 2. The Morgan fingerprint density at radius 3 is 2.50 bits per heavy atom. The fraction of sp³-hybridized carbons (Fsp3) is 0.450. The van der Waals surface area contributed by atoms with Gasteiger partial charge in [0.15, 0.2) is 5.78 Å². The molecule has 0 bridgehead atoms. The lowest BCUT2D eigenvalue weighted by molar-refractivity contribution is -0.151. The maximum Gasteiger partial charge on any atom is 0.316 e. The summed E-state index contributed by atoms with van der Waals surface area (Å²) in [7, 11) is 1.29. The summed E-state index contributed by atoms with van der Waals surface area (Å²) >= 11 is 0. The van der Waals surface area contributed by atoms with E-state index in [2.05, 4.69) is 5.32 Å². The SMILES string of the molecule is CCOc1ccc([C@@H]2CC(=O)NC3=C2C(=O)[C@H](C(=O)OC)[C@H](C)C3)cc1. The van der Waals surface area contributed by atoms with Gasteiger partial charge in [-0.3, -0.25) is 14.4 Å². The van der Waals surface area contributed by atoms with E-state index in [0.29, 0.717) is 24.3 Å². The normalized spacial score (nSPS) is 25.4. The van der Waals surface area contributed by atoms with Crippen molar-refractivity contribution in [1.29, 1.82) is 0 Å². The minimum Gasteiger partial charge on any atom is -0.494 e. The Balaban J connectivity index is 2.00. The summed E-state index contributed by atoms with van der Waals surface area (Å²) in [6, 6.07) is 7.41. The first kappa shape index (κ1) is 18.2. The number of ketones is 1. The van der Waals surface area contributed by atoms with Gasteiger partial charge >= 0.3 is 5.97 Å². The van der Waals surface area contributed by atoms with Crippen LogP contribution in [0, 0.1) is 11.8 Å². The van der Waals surface area contributed by atoms with Gasteiger partial charge in [-0.15, -0.1) is 0 Å². The molecule has 0 saturated heterocycles. The van der Waals surface area contributed by atoms with Crippen LogP contribution in [-0.2, 0) is 19.1 Å². The molecule has 2 aliphatic rings. The maximum absolute atomic E-state index is 13.1. The third kappa shape index (κ3) is 3.23. The quantitative estimate of drug-likeness (QED) is 0.661. The summed E-state index contributed by atoms with van der Waals surface area (Å²) in [6.45, 7) is 4.30.